The van der Waals surface area contributed by atoms with Crippen molar-refractivity contribution in [3.63, 3.8) is 0 Å². The van der Waals surface area contributed by atoms with Gasteiger partial charge in [-0.25, -0.2) is 0 Å². The molecule has 0 radical (unpaired) electrons. The molecule has 1 saturated heterocycles. The normalized spacial score (nSPS) is 24.2. The van der Waals surface area contributed by atoms with Gasteiger partial charge in [-0.1, -0.05) is 0 Å². The Balaban J connectivity index is 2.50. The van der Waals surface area contributed by atoms with E-state index in [0.717, 1.165) is 12.8 Å². The van der Waals surface area contributed by atoms with Crippen molar-refractivity contribution in [3.8, 4) is 0 Å². The first-order chi connectivity index (χ1) is 8.10. The first-order valence-electron chi connectivity index (χ1n) is 5.62. The van der Waals surface area contributed by atoms with Crippen LogP contribution in [0.15, 0.2) is 0 Å². The van der Waals surface area contributed by atoms with E-state index in [1.165, 1.54) is 0 Å². The summed E-state index contributed by atoms with van der Waals surface area (Å²) in [5.74, 6) is 0. The SMILES string of the molecule is O=CC(ON1CCCC1)C(O)C(O)C(O)CO. The summed E-state index contributed by atoms with van der Waals surface area (Å²) in [6.45, 7) is 0.624. The molecule has 7 nitrogen and oxygen atoms in total. The van der Waals surface area contributed by atoms with Gasteiger partial charge in [-0.05, 0) is 12.8 Å². The molecule has 4 N–H and O–H groups in total. The van der Waals surface area contributed by atoms with Crippen LogP contribution in [0.5, 0.6) is 0 Å². The molecule has 100 valence electrons. The van der Waals surface area contributed by atoms with Crippen LogP contribution in [0.1, 0.15) is 12.8 Å². The molecule has 7 heteroatoms. The number of rotatable bonds is 7. The third kappa shape index (κ3) is 3.98. The number of aldehydes is 1. The fourth-order valence-corrected chi connectivity index (χ4v) is 1.66. The molecule has 1 fully saturated rings. The summed E-state index contributed by atoms with van der Waals surface area (Å²) in [7, 11) is 0. The highest BCUT2D eigenvalue weighted by molar-refractivity contribution is 5.57. The molecule has 0 saturated carbocycles. The van der Waals surface area contributed by atoms with Crippen LogP contribution in [0.4, 0.5) is 0 Å². The molecule has 1 rings (SSSR count). The Morgan fingerprint density at radius 2 is 1.76 bits per heavy atom. The molecular formula is C10H19NO6. The fourth-order valence-electron chi connectivity index (χ4n) is 1.66. The number of nitrogens with zero attached hydrogens (tertiary/aromatic N) is 1. The molecule has 4 unspecified atom stereocenters. The van der Waals surface area contributed by atoms with Crippen molar-refractivity contribution >= 4 is 6.29 Å². The number of hydrogen-bond donors (Lipinski definition) is 4. The fraction of sp³-hybridized carbons (Fsp3) is 0.900. The van der Waals surface area contributed by atoms with Gasteiger partial charge in [0, 0.05) is 13.1 Å². The standard InChI is InChI=1S/C10H19NO6/c12-5-7(14)9(15)10(16)8(6-13)17-11-3-1-2-4-11/h6-10,12,14-16H,1-5H2. The quantitative estimate of drug-likeness (QED) is 0.374. The number of aliphatic hydroxyl groups excluding tert-OH is 4. The van der Waals surface area contributed by atoms with Crippen molar-refractivity contribution in [2.45, 2.75) is 37.3 Å². The number of hydroxylamine groups is 2. The molecule has 1 heterocycles. The summed E-state index contributed by atoms with van der Waals surface area (Å²) < 4.78 is 0. The minimum atomic E-state index is -1.63. The Kier molecular flexibility index (Phi) is 5.96. The van der Waals surface area contributed by atoms with Gasteiger partial charge in [-0.3, -0.25) is 4.84 Å². The van der Waals surface area contributed by atoms with Crippen molar-refractivity contribution < 1.29 is 30.1 Å². The molecule has 1 aliphatic rings. The smallest absolute Gasteiger partial charge is 0.163 e. The van der Waals surface area contributed by atoms with Crippen LogP contribution in [0.3, 0.4) is 0 Å². The van der Waals surface area contributed by atoms with E-state index in [1.807, 2.05) is 0 Å². The van der Waals surface area contributed by atoms with Crippen LogP contribution in [0, 0.1) is 0 Å². The van der Waals surface area contributed by atoms with Gasteiger partial charge in [0.15, 0.2) is 12.4 Å². The predicted molar refractivity (Wildman–Crippen MR) is 56.9 cm³/mol. The highest BCUT2D eigenvalue weighted by Gasteiger charge is 2.33. The van der Waals surface area contributed by atoms with Gasteiger partial charge in [0.25, 0.3) is 0 Å². The second-order valence-electron chi connectivity index (χ2n) is 4.07. The zero-order chi connectivity index (χ0) is 12.8. The highest BCUT2D eigenvalue weighted by atomic mass is 16.7. The predicted octanol–water partition coefficient (Wildman–Crippen LogP) is -2.34. The van der Waals surface area contributed by atoms with E-state index in [0.29, 0.717) is 19.4 Å². The Morgan fingerprint density at radius 3 is 2.24 bits per heavy atom. The molecule has 4 atom stereocenters. The van der Waals surface area contributed by atoms with Gasteiger partial charge >= 0.3 is 0 Å². The number of aliphatic hydroxyl groups is 4. The molecule has 1 aliphatic heterocycles. The first kappa shape index (κ1) is 14.5. The number of carbonyl (C=O) groups is 1. The monoisotopic (exact) mass is 249 g/mol. The molecule has 0 aliphatic carbocycles. The third-order valence-corrected chi connectivity index (χ3v) is 2.74. The molecular weight excluding hydrogens is 230 g/mol. The summed E-state index contributed by atoms with van der Waals surface area (Å²) in [5.41, 5.74) is 0. The van der Waals surface area contributed by atoms with E-state index >= 15 is 0 Å². The van der Waals surface area contributed by atoms with Crippen molar-refractivity contribution in [2.24, 2.45) is 0 Å². The number of carbonyl (C=O) groups excluding carboxylic acids is 1. The lowest BCUT2D eigenvalue weighted by molar-refractivity contribution is -0.221. The molecule has 0 aromatic rings. The van der Waals surface area contributed by atoms with Gasteiger partial charge in [0.1, 0.15) is 18.3 Å². The molecule has 17 heavy (non-hydrogen) atoms. The van der Waals surface area contributed by atoms with Crippen LogP contribution in [-0.2, 0) is 9.63 Å². The summed E-state index contributed by atoms with van der Waals surface area (Å²) >= 11 is 0. The Hall–Kier alpha value is -0.570. The van der Waals surface area contributed by atoms with Crippen molar-refractivity contribution in [1.82, 2.24) is 5.06 Å². The molecule has 0 aromatic carbocycles. The topological polar surface area (TPSA) is 110 Å². The second-order valence-corrected chi connectivity index (χ2v) is 4.07. The second kappa shape index (κ2) is 7.00. The lowest BCUT2D eigenvalue weighted by Crippen LogP contribution is -2.49. The van der Waals surface area contributed by atoms with Crippen LogP contribution >= 0.6 is 0 Å². The summed E-state index contributed by atoms with van der Waals surface area (Å²) in [4.78, 5) is 16.0. The van der Waals surface area contributed by atoms with E-state index in [9.17, 15) is 15.0 Å². The Morgan fingerprint density at radius 1 is 1.18 bits per heavy atom. The Labute approximate surface area is 99.2 Å². The minimum absolute atomic E-state index is 0.371. The van der Waals surface area contributed by atoms with Crippen LogP contribution in [0.2, 0.25) is 0 Å². The maximum absolute atomic E-state index is 10.8. The van der Waals surface area contributed by atoms with Crippen LogP contribution in [-0.4, -0.2) is 75.9 Å². The van der Waals surface area contributed by atoms with Gasteiger partial charge in [-0.15, -0.1) is 0 Å². The zero-order valence-electron chi connectivity index (χ0n) is 9.47. The molecule has 0 aromatic heterocycles. The van der Waals surface area contributed by atoms with E-state index in [2.05, 4.69) is 0 Å². The summed E-state index contributed by atoms with van der Waals surface area (Å²) in [5, 5.41) is 38.4. The maximum atomic E-state index is 10.8. The van der Waals surface area contributed by atoms with E-state index < -0.39 is 31.0 Å². The lowest BCUT2D eigenvalue weighted by atomic mass is 10.0. The average Bonchev–Trinajstić information content (AvgIpc) is 2.85. The van der Waals surface area contributed by atoms with Crippen molar-refractivity contribution in [2.75, 3.05) is 19.7 Å². The van der Waals surface area contributed by atoms with Crippen molar-refractivity contribution in [3.05, 3.63) is 0 Å². The third-order valence-electron chi connectivity index (χ3n) is 2.74. The van der Waals surface area contributed by atoms with Gasteiger partial charge in [0.05, 0.1) is 6.61 Å². The average molecular weight is 249 g/mol. The van der Waals surface area contributed by atoms with Crippen LogP contribution < -0.4 is 0 Å². The molecule has 0 amide bonds. The van der Waals surface area contributed by atoms with Crippen LogP contribution in [0.25, 0.3) is 0 Å². The lowest BCUT2D eigenvalue weighted by Gasteiger charge is -2.28. The number of hydrogen-bond acceptors (Lipinski definition) is 7. The van der Waals surface area contributed by atoms with E-state index in [4.69, 9.17) is 15.1 Å². The van der Waals surface area contributed by atoms with Gasteiger partial charge in [-0.2, -0.15) is 5.06 Å². The van der Waals surface area contributed by atoms with E-state index in [1.54, 1.807) is 5.06 Å². The zero-order valence-corrected chi connectivity index (χ0v) is 9.47. The maximum Gasteiger partial charge on any atom is 0.163 e. The van der Waals surface area contributed by atoms with Crippen molar-refractivity contribution in [1.29, 1.82) is 0 Å². The summed E-state index contributed by atoms with van der Waals surface area (Å²) in [6, 6.07) is 0. The highest BCUT2D eigenvalue weighted by Crippen LogP contribution is 2.13. The van der Waals surface area contributed by atoms with E-state index in [-0.39, 0.29) is 0 Å². The van der Waals surface area contributed by atoms with Gasteiger partial charge in [0.2, 0.25) is 0 Å². The minimum Gasteiger partial charge on any atom is -0.394 e. The van der Waals surface area contributed by atoms with Gasteiger partial charge < -0.3 is 25.2 Å². The molecule has 0 spiro atoms. The Bertz CT molecular complexity index is 233. The first-order valence-corrected chi connectivity index (χ1v) is 5.62. The largest absolute Gasteiger partial charge is 0.394 e. The summed E-state index contributed by atoms with van der Waals surface area (Å²) in [6.07, 6.45) is -3.68. The molecule has 0 bridgehead atoms.